The number of aliphatic hydroxyl groups excluding tert-OH is 1. The van der Waals surface area contributed by atoms with Crippen molar-refractivity contribution in [1.82, 2.24) is 9.78 Å². The number of aromatic nitrogens is 2. The zero-order valence-electron chi connectivity index (χ0n) is 13.7. The second-order valence-electron chi connectivity index (χ2n) is 6.07. The lowest BCUT2D eigenvalue weighted by Crippen LogP contribution is -2.32. The molecule has 1 fully saturated rings. The van der Waals surface area contributed by atoms with Gasteiger partial charge in [0.2, 0.25) is 0 Å². The van der Waals surface area contributed by atoms with Gasteiger partial charge in [0.25, 0.3) is 5.56 Å². The lowest BCUT2D eigenvalue weighted by atomic mass is 10.2. The summed E-state index contributed by atoms with van der Waals surface area (Å²) >= 11 is 12.1. The molecule has 1 aliphatic rings. The first-order chi connectivity index (χ1) is 12.0. The van der Waals surface area contributed by atoms with Gasteiger partial charge in [0.15, 0.2) is 0 Å². The Kier molecular flexibility index (Phi) is 5.51. The summed E-state index contributed by atoms with van der Waals surface area (Å²) in [5.74, 6) is 0.667. The smallest absolute Gasteiger partial charge is 0.287 e. The molecular weight excluding hydrogens is 365 g/mol. The van der Waals surface area contributed by atoms with Crippen LogP contribution in [0.25, 0.3) is 0 Å². The van der Waals surface area contributed by atoms with Crippen LogP contribution in [0.3, 0.4) is 0 Å². The molecule has 1 N–H and O–H groups in total. The van der Waals surface area contributed by atoms with Gasteiger partial charge in [-0.05, 0) is 37.6 Å². The maximum absolute atomic E-state index is 12.4. The largest absolute Gasteiger partial charge is 0.492 e. The number of benzene rings is 1. The number of rotatable bonds is 5. The van der Waals surface area contributed by atoms with Gasteiger partial charge in [-0.25, -0.2) is 4.68 Å². The highest BCUT2D eigenvalue weighted by molar-refractivity contribution is 6.33. The Balaban J connectivity index is 1.68. The Labute approximate surface area is 155 Å². The molecule has 8 heteroatoms. The molecule has 1 aromatic heterocycles. The normalized spacial score (nSPS) is 20.1. The van der Waals surface area contributed by atoms with E-state index in [0.29, 0.717) is 29.4 Å². The van der Waals surface area contributed by atoms with E-state index >= 15 is 0 Å². The second-order valence-corrected chi connectivity index (χ2v) is 6.88. The fraction of sp³-hybridized carbons (Fsp3) is 0.412. The highest BCUT2D eigenvalue weighted by Gasteiger charge is 2.30. The van der Waals surface area contributed by atoms with Gasteiger partial charge in [-0.15, -0.1) is 0 Å². The van der Waals surface area contributed by atoms with E-state index < -0.39 is 6.10 Å². The molecular formula is C17H19Cl2N3O3. The van der Waals surface area contributed by atoms with Crippen molar-refractivity contribution in [3.63, 3.8) is 0 Å². The van der Waals surface area contributed by atoms with Crippen LogP contribution in [0.2, 0.25) is 10.0 Å². The third-order valence-electron chi connectivity index (χ3n) is 4.21. The maximum atomic E-state index is 12.4. The van der Waals surface area contributed by atoms with Gasteiger partial charge in [0.1, 0.15) is 17.4 Å². The lowest BCUT2D eigenvalue weighted by Gasteiger charge is -2.24. The van der Waals surface area contributed by atoms with E-state index in [1.807, 2.05) is 11.8 Å². The summed E-state index contributed by atoms with van der Waals surface area (Å²) in [5, 5.41) is 14.7. The minimum absolute atomic E-state index is 0.109. The number of hydrogen-bond donors (Lipinski definition) is 1. The van der Waals surface area contributed by atoms with Gasteiger partial charge in [0.05, 0.1) is 24.5 Å². The summed E-state index contributed by atoms with van der Waals surface area (Å²) in [6, 6.07) is 7.10. The summed E-state index contributed by atoms with van der Waals surface area (Å²) in [7, 11) is 0. The van der Waals surface area contributed by atoms with Gasteiger partial charge in [-0.1, -0.05) is 23.2 Å². The van der Waals surface area contributed by atoms with Crippen LogP contribution in [0.4, 0.5) is 5.69 Å². The van der Waals surface area contributed by atoms with E-state index in [9.17, 15) is 9.90 Å². The Hall–Kier alpha value is -1.76. The average molecular weight is 384 g/mol. The number of ether oxygens (including phenoxy) is 1. The molecule has 1 aromatic carbocycles. The van der Waals surface area contributed by atoms with Crippen LogP contribution in [0, 0.1) is 0 Å². The summed E-state index contributed by atoms with van der Waals surface area (Å²) in [6.07, 6.45) is 1.80. The standard InChI is InChI=1S/C17H19Cl2N3O3/c1-11-8-13(23)10-21(11)15-9-20-22(17(24)16(15)19)6-7-25-14-4-2-12(18)3-5-14/h2-5,9,11,13,23H,6-8,10H2,1H3/t11-,13+/m0/s1. The van der Waals surface area contributed by atoms with E-state index in [2.05, 4.69) is 5.10 Å². The molecule has 3 rings (SSSR count). The molecule has 0 radical (unpaired) electrons. The molecule has 1 saturated heterocycles. The number of hydrogen-bond acceptors (Lipinski definition) is 5. The summed E-state index contributed by atoms with van der Waals surface area (Å²) in [6.45, 7) is 2.99. The fourth-order valence-electron chi connectivity index (χ4n) is 2.93. The van der Waals surface area contributed by atoms with Gasteiger partial charge in [-0.3, -0.25) is 4.79 Å². The van der Waals surface area contributed by atoms with Crippen molar-refractivity contribution in [3.05, 3.63) is 50.9 Å². The van der Waals surface area contributed by atoms with Crippen molar-refractivity contribution in [2.75, 3.05) is 18.1 Å². The lowest BCUT2D eigenvalue weighted by molar-refractivity contribution is 0.195. The molecule has 1 aliphatic heterocycles. The molecule has 25 heavy (non-hydrogen) atoms. The first kappa shape index (κ1) is 18.0. The molecule has 0 saturated carbocycles. The number of β-amino-alcohol motifs (C(OH)–C–C–N with tert-alkyl or cyclic N) is 1. The molecule has 0 aliphatic carbocycles. The van der Waals surface area contributed by atoms with E-state index in [4.69, 9.17) is 27.9 Å². The first-order valence-corrected chi connectivity index (χ1v) is 8.80. The fourth-order valence-corrected chi connectivity index (χ4v) is 3.32. The topological polar surface area (TPSA) is 67.6 Å². The molecule has 6 nitrogen and oxygen atoms in total. The van der Waals surface area contributed by atoms with Crippen molar-refractivity contribution < 1.29 is 9.84 Å². The maximum Gasteiger partial charge on any atom is 0.287 e. The third-order valence-corrected chi connectivity index (χ3v) is 4.82. The van der Waals surface area contributed by atoms with Crippen LogP contribution >= 0.6 is 23.2 Å². The minimum Gasteiger partial charge on any atom is -0.492 e. The number of nitrogens with zero attached hydrogens (tertiary/aromatic N) is 3. The Morgan fingerprint density at radius 1 is 1.32 bits per heavy atom. The van der Waals surface area contributed by atoms with Crippen molar-refractivity contribution in [3.8, 4) is 5.75 Å². The molecule has 2 atom stereocenters. The van der Waals surface area contributed by atoms with Gasteiger partial charge >= 0.3 is 0 Å². The second kappa shape index (κ2) is 7.64. The minimum atomic E-state index is -0.415. The summed E-state index contributed by atoms with van der Waals surface area (Å²) in [4.78, 5) is 14.3. The van der Waals surface area contributed by atoms with Crippen molar-refractivity contribution >= 4 is 28.9 Å². The van der Waals surface area contributed by atoms with Crippen LogP contribution in [-0.2, 0) is 6.54 Å². The quantitative estimate of drug-likeness (QED) is 0.859. The summed E-state index contributed by atoms with van der Waals surface area (Å²) in [5.41, 5.74) is 0.193. The summed E-state index contributed by atoms with van der Waals surface area (Å²) < 4.78 is 6.85. The third kappa shape index (κ3) is 4.08. The number of anilines is 1. The van der Waals surface area contributed by atoms with Crippen molar-refractivity contribution in [1.29, 1.82) is 0 Å². The molecule has 2 heterocycles. The van der Waals surface area contributed by atoms with E-state index in [-0.39, 0.29) is 29.8 Å². The van der Waals surface area contributed by atoms with Gasteiger partial charge in [-0.2, -0.15) is 5.10 Å². The van der Waals surface area contributed by atoms with Crippen LogP contribution in [0.15, 0.2) is 35.3 Å². The van der Waals surface area contributed by atoms with Crippen LogP contribution in [-0.4, -0.2) is 40.2 Å². The molecule has 2 aromatic rings. The van der Waals surface area contributed by atoms with E-state index in [1.165, 1.54) is 4.68 Å². The molecule has 0 amide bonds. The SMILES string of the molecule is C[C@H]1C[C@@H](O)CN1c1cnn(CCOc2ccc(Cl)cc2)c(=O)c1Cl. The molecule has 0 bridgehead atoms. The Morgan fingerprint density at radius 3 is 2.68 bits per heavy atom. The van der Waals surface area contributed by atoms with Crippen LogP contribution in [0.5, 0.6) is 5.75 Å². The first-order valence-electron chi connectivity index (χ1n) is 8.04. The highest BCUT2D eigenvalue weighted by Crippen LogP contribution is 2.29. The average Bonchev–Trinajstić information content (AvgIpc) is 2.92. The highest BCUT2D eigenvalue weighted by atomic mass is 35.5. The Bertz CT molecular complexity index is 795. The zero-order valence-corrected chi connectivity index (χ0v) is 15.2. The predicted octanol–water partition coefficient (Wildman–Crippen LogP) is 2.59. The van der Waals surface area contributed by atoms with Gasteiger partial charge < -0.3 is 14.7 Å². The Morgan fingerprint density at radius 2 is 2.04 bits per heavy atom. The zero-order chi connectivity index (χ0) is 18.0. The van der Waals surface area contributed by atoms with E-state index in [1.54, 1.807) is 30.5 Å². The number of aliphatic hydroxyl groups is 1. The molecule has 0 unspecified atom stereocenters. The van der Waals surface area contributed by atoms with E-state index in [0.717, 1.165) is 0 Å². The van der Waals surface area contributed by atoms with Crippen molar-refractivity contribution in [2.24, 2.45) is 0 Å². The molecule has 0 spiro atoms. The predicted molar refractivity (Wildman–Crippen MR) is 97.9 cm³/mol. The van der Waals surface area contributed by atoms with Crippen LogP contribution < -0.4 is 15.2 Å². The van der Waals surface area contributed by atoms with Crippen molar-refractivity contribution in [2.45, 2.75) is 32.0 Å². The number of halogens is 2. The van der Waals surface area contributed by atoms with Gasteiger partial charge in [0, 0.05) is 17.6 Å². The molecule has 134 valence electrons. The monoisotopic (exact) mass is 383 g/mol. The van der Waals surface area contributed by atoms with Crippen LogP contribution in [0.1, 0.15) is 13.3 Å².